The summed E-state index contributed by atoms with van der Waals surface area (Å²) in [5.41, 5.74) is 8.59. The van der Waals surface area contributed by atoms with Gasteiger partial charge in [0.2, 0.25) is 0 Å². The van der Waals surface area contributed by atoms with Gasteiger partial charge in [0.05, 0.1) is 18.5 Å². The minimum atomic E-state index is -2.09. The zero-order valence-electron chi connectivity index (χ0n) is 21.2. The summed E-state index contributed by atoms with van der Waals surface area (Å²) in [4.78, 5) is 13.1. The van der Waals surface area contributed by atoms with Gasteiger partial charge >= 0.3 is 0 Å². The Morgan fingerprint density at radius 3 is 2.56 bits per heavy atom. The number of anilines is 1. The minimum absolute atomic E-state index is 0.0553. The first-order valence-corrected chi connectivity index (χ1v) is 15.0. The fourth-order valence-electron chi connectivity index (χ4n) is 4.35. The van der Waals surface area contributed by atoms with Gasteiger partial charge in [0.25, 0.3) is 0 Å². The number of benzene rings is 1. The maximum absolute atomic E-state index is 7.08. The first-order valence-electron chi connectivity index (χ1n) is 12.1. The number of aromatic nitrogens is 4. The number of imidazole rings is 1. The molecule has 0 bridgehead atoms. The average molecular weight is 483 g/mol. The monoisotopic (exact) mass is 482 g/mol. The quantitative estimate of drug-likeness (QED) is 0.456. The van der Waals surface area contributed by atoms with E-state index in [0.717, 1.165) is 19.5 Å². The smallest absolute Gasteiger partial charge is 0.192 e. The highest BCUT2D eigenvalue weighted by atomic mass is 28.4. The van der Waals surface area contributed by atoms with E-state index in [9.17, 15) is 0 Å². The largest absolute Gasteiger partial charge is 0.409 e. The minimum Gasteiger partial charge on any atom is -0.409 e. The van der Waals surface area contributed by atoms with Crippen LogP contribution in [0.2, 0.25) is 18.1 Å². The molecular weight excluding hydrogens is 444 g/mol. The van der Waals surface area contributed by atoms with Gasteiger partial charge in [0, 0.05) is 19.0 Å². The second kappa shape index (κ2) is 9.73. The van der Waals surface area contributed by atoms with Crippen LogP contribution in [-0.4, -0.2) is 46.6 Å². The lowest BCUT2D eigenvalue weighted by Gasteiger charge is -2.41. The second-order valence-electron chi connectivity index (χ2n) is 10.7. The van der Waals surface area contributed by atoms with Crippen LogP contribution in [0.25, 0.3) is 11.2 Å². The Morgan fingerprint density at radius 2 is 1.88 bits per heavy atom. The molecule has 184 valence electrons. The van der Waals surface area contributed by atoms with Gasteiger partial charge in [-0.05, 0) is 30.1 Å². The first kappa shape index (κ1) is 24.8. The van der Waals surface area contributed by atoms with Gasteiger partial charge in [-0.2, -0.15) is 0 Å². The van der Waals surface area contributed by atoms with E-state index in [1.54, 1.807) is 6.33 Å². The van der Waals surface area contributed by atoms with Crippen molar-refractivity contribution >= 4 is 25.3 Å². The van der Waals surface area contributed by atoms with Gasteiger partial charge < -0.3 is 20.2 Å². The molecule has 0 aliphatic carbocycles. The van der Waals surface area contributed by atoms with Gasteiger partial charge in [-0.1, -0.05) is 58.0 Å². The van der Waals surface area contributed by atoms with Crippen LogP contribution in [0.1, 0.15) is 45.9 Å². The molecule has 3 N–H and O–H groups in total. The third-order valence-electron chi connectivity index (χ3n) is 7.35. The van der Waals surface area contributed by atoms with Crippen LogP contribution in [-0.2, 0) is 15.7 Å². The van der Waals surface area contributed by atoms with Crippen LogP contribution in [0, 0.1) is 5.92 Å². The number of fused-ring (bicyclic) bond motifs is 1. The maximum Gasteiger partial charge on any atom is 0.192 e. The summed E-state index contributed by atoms with van der Waals surface area (Å²) in [6, 6.07) is 10.5. The Labute approximate surface area is 203 Å². The molecular formula is C25H38N6O2Si. The summed E-state index contributed by atoms with van der Waals surface area (Å²) in [5, 5.41) is 3.74. The number of rotatable bonds is 8. The predicted octanol–water partition coefficient (Wildman–Crippen LogP) is 4.51. The molecule has 1 fully saturated rings. The fraction of sp³-hybridized carbons (Fsp3) is 0.560. The molecule has 4 atom stereocenters. The Morgan fingerprint density at radius 1 is 1.15 bits per heavy atom. The third kappa shape index (κ3) is 4.88. The molecule has 2 aromatic heterocycles. The molecule has 8 nitrogen and oxygen atoms in total. The normalized spacial score (nSPS) is 23.6. The zero-order chi connectivity index (χ0) is 24.5. The number of nitrogens with zero attached hydrogens (tertiary/aromatic N) is 4. The lowest BCUT2D eigenvalue weighted by Crippen LogP contribution is -2.48. The highest BCUT2D eigenvalue weighted by molar-refractivity contribution is 6.74. The highest BCUT2D eigenvalue weighted by Gasteiger charge is 2.50. The van der Waals surface area contributed by atoms with E-state index in [1.165, 1.54) is 11.9 Å². The molecule has 1 unspecified atom stereocenters. The lowest BCUT2D eigenvalue weighted by atomic mass is 9.96. The van der Waals surface area contributed by atoms with Gasteiger partial charge in [0.15, 0.2) is 26.0 Å². The molecule has 0 radical (unpaired) electrons. The van der Waals surface area contributed by atoms with Crippen molar-refractivity contribution < 1.29 is 9.16 Å². The first-order chi connectivity index (χ1) is 16.1. The molecule has 3 aromatic rings. The molecule has 3 heterocycles. The fourth-order valence-corrected chi connectivity index (χ4v) is 5.67. The average Bonchev–Trinajstić information content (AvgIpc) is 3.36. The molecule has 0 spiro atoms. The summed E-state index contributed by atoms with van der Waals surface area (Å²) in [6.45, 7) is 15.2. The van der Waals surface area contributed by atoms with Crippen molar-refractivity contribution in [2.45, 2.75) is 77.2 Å². The van der Waals surface area contributed by atoms with E-state index in [-0.39, 0.29) is 29.4 Å². The van der Waals surface area contributed by atoms with E-state index in [1.807, 2.05) is 10.6 Å². The van der Waals surface area contributed by atoms with Crippen LogP contribution < -0.4 is 11.1 Å². The Hall–Kier alpha value is -2.33. The topological polar surface area (TPSA) is 100 Å². The van der Waals surface area contributed by atoms with Crippen molar-refractivity contribution in [1.82, 2.24) is 24.8 Å². The van der Waals surface area contributed by atoms with E-state index in [4.69, 9.17) is 14.9 Å². The summed E-state index contributed by atoms with van der Waals surface area (Å²) >= 11 is 0. The van der Waals surface area contributed by atoms with Crippen LogP contribution >= 0.6 is 0 Å². The standard InChI is InChI=1S/C25H38N6O2Si/c1-7-19-18(14-27-13-17-11-9-8-10-12-17)21(33-34(5,6)25(2,3)4)24(32-19)31-16-30-20-22(26)28-15-29-23(20)31/h8-12,15-16,18-19,21,24,27H,7,13-14H2,1-6H3,(H2,26,28,29)/t18-,19-,21?,24-/m1/s1. The SMILES string of the molecule is CC[C@H]1O[C@@H](n2cnc3c(N)ncnc32)C(O[Si](C)(C)C(C)(C)C)[C@@H]1CNCc1ccccc1. The lowest BCUT2D eigenvalue weighted by molar-refractivity contribution is -0.0321. The van der Waals surface area contributed by atoms with E-state index in [2.05, 4.69) is 85.3 Å². The van der Waals surface area contributed by atoms with Gasteiger partial charge in [-0.15, -0.1) is 0 Å². The number of nitrogen functional groups attached to an aromatic ring is 1. The summed E-state index contributed by atoms with van der Waals surface area (Å²) in [6.07, 6.45) is 3.72. The molecule has 0 saturated carbocycles. The van der Waals surface area contributed by atoms with E-state index in [0.29, 0.717) is 17.0 Å². The van der Waals surface area contributed by atoms with Gasteiger partial charge in [-0.25, -0.2) is 15.0 Å². The second-order valence-corrected chi connectivity index (χ2v) is 15.4. The van der Waals surface area contributed by atoms with Crippen LogP contribution in [0.4, 0.5) is 5.82 Å². The van der Waals surface area contributed by atoms with Gasteiger partial charge in [-0.3, -0.25) is 4.57 Å². The zero-order valence-corrected chi connectivity index (χ0v) is 22.2. The number of hydrogen-bond acceptors (Lipinski definition) is 7. The molecule has 4 rings (SSSR count). The highest BCUT2D eigenvalue weighted by Crippen LogP contribution is 2.44. The number of nitrogens with one attached hydrogen (secondary N) is 1. The van der Waals surface area contributed by atoms with E-state index < -0.39 is 8.32 Å². The third-order valence-corrected chi connectivity index (χ3v) is 11.8. The Bertz CT molecular complexity index is 1100. The summed E-state index contributed by atoms with van der Waals surface area (Å²) in [5.74, 6) is 0.557. The molecule has 1 saturated heterocycles. The van der Waals surface area contributed by atoms with Crippen molar-refractivity contribution in [1.29, 1.82) is 0 Å². The Balaban J connectivity index is 1.66. The summed E-state index contributed by atoms with van der Waals surface area (Å²) < 4.78 is 15.7. The van der Waals surface area contributed by atoms with Crippen molar-refractivity contribution in [3.8, 4) is 0 Å². The van der Waals surface area contributed by atoms with Crippen LogP contribution in [0.15, 0.2) is 43.0 Å². The molecule has 1 aromatic carbocycles. The van der Waals surface area contributed by atoms with Crippen molar-refractivity contribution in [3.05, 3.63) is 48.5 Å². The number of ether oxygens (including phenoxy) is 1. The summed E-state index contributed by atoms with van der Waals surface area (Å²) in [7, 11) is -2.09. The van der Waals surface area contributed by atoms with E-state index >= 15 is 0 Å². The predicted molar refractivity (Wildman–Crippen MR) is 138 cm³/mol. The van der Waals surface area contributed by atoms with Crippen molar-refractivity contribution in [2.24, 2.45) is 5.92 Å². The van der Waals surface area contributed by atoms with Crippen molar-refractivity contribution in [2.75, 3.05) is 12.3 Å². The number of nitrogens with two attached hydrogens (primary N) is 1. The molecule has 9 heteroatoms. The molecule has 1 aliphatic rings. The molecule has 34 heavy (non-hydrogen) atoms. The van der Waals surface area contributed by atoms with Crippen molar-refractivity contribution in [3.63, 3.8) is 0 Å². The maximum atomic E-state index is 7.08. The molecule has 0 amide bonds. The number of hydrogen-bond donors (Lipinski definition) is 2. The molecule has 1 aliphatic heterocycles. The van der Waals surface area contributed by atoms with Gasteiger partial charge in [0.1, 0.15) is 11.8 Å². The Kier molecular flexibility index (Phi) is 7.09. The van der Waals surface area contributed by atoms with Crippen LogP contribution in [0.5, 0.6) is 0 Å². The van der Waals surface area contributed by atoms with Crippen LogP contribution in [0.3, 0.4) is 0 Å².